The van der Waals surface area contributed by atoms with Crippen LogP contribution in [-0.4, -0.2) is 49.2 Å². The normalized spacial score (nSPS) is 27.1. The van der Waals surface area contributed by atoms with Crippen molar-refractivity contribution in [1.29, 1.82) is 0 Å². The van der Waals surface area contributed by atoms with E-state index in [9.17, 15) is 4.79 Å². The second kappa shape index (κ2) is 6.21. The first kappa shape index (κ1) is 13.5. The van der Waals surface area contributed by atoms with E-state index in [1.165, 1.54) is 0 Å². The van der Waals surface area contributed by atoms with Gasteiger partial charge < -0.3 is 15.0 Å². The molecule has 0 aromatic rings. The fourth-order valence-corrected chi connectivity index (χ4v) is 2.01. The number of carbonyl (C=O) groups is 1. The molecule has 1 rings (SSSR count). The van der Waals surface area contributed by atoms with Gasteiger partial charge in [-0.05, 0) is 47.2 Å². The average Bonchev–Trinajstić information content (AvgIpc) is 2.19. The number of esters is 1. The molecule has 0 radical (unpaired) electrons. The van der Waals surface area contributed by atoms with Crippen molar-refractivity contribution >= 4 is 5.97 Å². The third-order valence-electron chi connectivity index (χ3n) is 3.11. The summed E-state index contributed by atoms with van der Waals surface area (Å²) in [5, 5.41) is 3.28. The van der Waals surface area contributed by atoms with E-state index in [1.54, 1.807) is 0 Å². The number of ether oxygens (including phenoxy) is 1. The van der Waals surface area contributed by atoms with Crippen molar-refractivity contribution in [3.05, 3.63) is 0 Å². The lowest BCUT2D eigenvalue weighted by atomic mass is 9.99. The van der Waals surface area contributed by atoms with Gasteiger partial charge >= 0.3 is 5.97 Å². The van der Waals surface area contributed by atoms with E-state index in [0.29, 0.717) is 18.6 Å². The Morgan fingerprint density at radius 3 is 2.81 bits per heavy atom. The SMILES string of the molecule is CC(C)OC(=O)CNC1CCN(C)C(C)C1. The number of likely N-dealkylation sites (tertiary alicyclic amines) is 1. The van der Waals surface area contributed by atoms with Gasteiger partial charge in [0.2, 0.25) is 0 Å². The van der Waals surface area contributed by atoms with Crippen molar-refractivity contribution < 1.29 is 9.53 Å². The van der Waals surface area contributed by atoms with Crippen molar-refractivity contribution in [2.24, 2.45) is 0 Å². The minimum absolute atomic E-state index is 0.0225. The molecule has 1 fully saturated rings. The molecule has 1 aliphatic rings. The fourth-order valence-electron chi connectivity index (χ4n) is 2.01. The smallest absolute Gasteiger partial charge is 0.320 e. The molecule has 0 bridgehead atoms. The molecule has 0 spiro atoms. The first-order valence-corrected chi connectivity index (χ1v) is 6.12. The molecule has 0 aromatic carbocycles. The van der Waals surface area contributed by atoms with Gasteiger partial charge in [0.25, 0.3) is 0 Å². The van der Waals surface area contributed by atoms with Gasteiger partial charge in [0.15, 0.2) is 0 Å². The summed E-state index contributed by atoms with van der Waals surface area (Å²) in [7, 11) is 2.15. The second-order valence-corrected chi connectivity index (χ2v) is 4.97. The summed E-state index contributed by atoms with van der Waals surface area (Å²) in [4.78, 5) is 13.7. The molecular weight excluding hydrogens is 204 g/mol. The van der Waals surface area contributed by atoms with Crippen LogP contribution < -0.4 is 5.32 Å². The Kier molecular flexibility index (Phi) is 5.22. The molecule has 1 heterocycles. The highest BCUT2D eigenvalue weighted by atomic mass is 16.5. The molecule has 2 unspecified atom stereocenters. The molecule has 94 valence electrons. The average molecular weight is 228 g/mol. The maximum atomic E-state index is 11.3. The van der Waals surface area contributed by atoms with Crippen molar-refractivity contribution in [1.82, 2.24) is 10.2 Å². The lowest BCUT2D eigenvalue weighted by molar-refractivity contribution is -0.146. The van der Waals surface area contributed by atoms with Crippen LogP contribution in [-0.2, 0) is 9.53 Å². The lowest BCUT2D eigenvalue weighted by Crippen LogP contribution is -2.47. The third-order valence-corrected chi connectivity index (χ3v) is 3.11. The predicted molar refractivity (Wildman–Crippen MR) is 64.3 cm³/mol. The molecule has 1 N–H and O–H groups in total. The van der Waals surface area contributed by atoms with Crippen molar-refractivity contribution in [2.75, 3.05) is 20.1 Å². The maximum absolute atomic E-state index is 11.3. The van der Waals surface area contributed by atoms with Gasteiger partial charge in [-0.15, -0.1) is 0 Å². The summed E-state index contributed by atoms with van der Waals surface area (Å²) in [6.45, 7) is 7.39. The van der Waals surface area contributed by atoms with Crippen LogP contribution in [0.4, 0.5) is 0 Å². The fraction of sp³-hybridized carbons (Fsp3) is 0.917. The van der Waals surface area contributed by atoms with Gasteiger partial charge in [0, 0.05) is 12.1 Å². The summed E-state index contributed by atoms with van der Waals surface area (Å²) in [5.41, 5.74) is 0. The van der Waals surface area contributed by atoms with E-state index in [-0.39, 0.29) is 12.1 Å². The number of nitrogens with one attached hydrogen (secondary N) is 1. The van der Waals surface area contributed by atoms with E-state index in [4.69, 9.17) is 4.74 Å². The van der Waals surface area contributed by atoms with Gasteiger partial charge in [-0.3, -0.25) is 4.79 Å². The Morgan fingerprint density at radius 2 is 2.25 bits per heavy atom. The van der Waals surface area contributed by atoms with Crippen molar-refractivity contribution in [3.8, 4) is 0 Å². The monoisotopic (exact) mass is 228 g/mol. The number of hydrogen-bond donors (Lipinski definition) is 1. The zero-order valence-corrected chi connectivity index (χ0v) is 10.8. The Balaban J connectivity index is 2.20. The molecule has 4 heteroatoms. The second-order valence-electron chi connectivity index (χ2n) is 4.97. The molecule has 1 aliphatic heterocycles. The van der Waals surface area contributed by atoms with Gasteiger partial charge in [-0.1, -0.05) is 0 Å². The van der Waals surface area contributed by atoms with Crippen LogP contribution in [0.25, 0.3) is 0 Å². The van der Waals surface area contributed by atoms with E-state index in [0.717, 1.165) is 19.4 Å². The molecular formula is C12H24N2O2. The molecule has 16 heavy (non-hydrogen) atoms. The first-order chi connectivity index (χ1) is 7.49. The molecule has 1 saturated heterocycles. The van der Waals surface area contributed by atoms with Gasteiger partial charge in [-0.25, -0.2) is 0 Å². The largest absolute Gasteiger partial charge is 0.462 e. The van der Waals surface area contributed by atoms with Gasteiger partial charge in [0.05, 0.1) is 12.6 Å². The topological polar surface area (TPSA) is 41.6 Å². The van der Waals surface area contributed by atoms with Crippen LogP contribution in [0.5, 0.6) is 0 Å². The van der Waals surface area contributed by atoms with Gasteiger partial charge in [0.1, 0.15) is 0 Å². The highest BCUT2D eigenvalue weighted by Gasteiger charge is 2.22. The Bertz CT molecular complexity index is 231. The summed E-state index contributed by atoms with van der Waals surface area (Å²) < 4.78 is 5.08. The molecule has 0 amide bonds. The summed E-state index contributed by atoms with van der Waals surface area (Å²) >= 11 is 0. The summed E-state index contributed by atoms with van der Waals surface area (Å²) in [5.74, 6) is -0.151. The van der Waals surface area contributed by atoms with Crippen LogP contribution >= 0.6 is 0 Å². The molecule has 0 aromatic heterocycles. The van der Waals surface area contributed by atoms with E-state index >= 15 is 0 Å². The third kappa shape index (κ3) is 4.49. The van der Waals surface area contributed by atoms with Crippen LogP contribution in [0, 0.1) is 0 Å². The predicted octanol–water partition coefficient (Wildman–Crippen LogP) is 1.01. The Labute approximate surface area is 98.3 Å². The Morgan fingerprint density at radius 1 is 1.56 bits per heavy atom. The van der Waals surface area contributed by atoms with Crippen LogP contribution in [0.1, 0.15) is 33.6 Å². The highest BCUT2D eigenvalue weighted by molar-refractivity contribution is 5.71. The molecule has 4 nitrogen and oxygen atoms in total. The van der Waals surface area contributed by atoms with Crippen molar-refractivity contribution in [3.63, 3.8) is 0 Å². The molecule has 0 aliphatic carbocycles. The minimum Gasteiger partial charge on any atom is -0.462 e. The summed E-state index contributed by atoms with van der Waals surface area (Å²) in [6.07, 6.45) is 2.19. The molecule has 2 atom stereocenters. The number of hydrogen-bond acceptors (Lipinski definition) is 4. The highest BCUT2D eigenvalue weighted by Crippen LogP contribution is 2.14. The van der Waals surface area contributed by atoms with Crippen molar-refractivity contribution in [2.45, 2.75) is 51.8 Å². The number of piperidine rings is 1. The first-order valence-electron chi connectivity index (χ1n) is 6.12. The Hall–Kier alpha value is -0.610. The standard InChI is InChI=1S/C12H24N2O2/c1-9(2)16-12(15)8-13-11-5-6-14(4)10(3)7-11/h9-11,13H,5-8H2,1-4H3. The zero-order chi connectivity index (χ0) is 12.1. The number of rotatable bonds is 4. The lowest BCUT2D eigenvalue weighted by Gasteiger charge is -2.35. The van der Waals surface area contributed by atoms with Crippen LogP contribution in [0.3, 0.4) is 0 Å². The van der Waals surface area contributed by atoms with Crippen LogP contribution in [0.15, 0.2) is 0 Å². The molecule has 0 saturated carbocycles. The number of carbonyl (C=O) groups excluding carboxylic acids is 1. The van der Waals surface area contributed by atoms with E-state index < -0.39 is 0 Å². The minimum atomic E-state index is -0.151. The van der Waals surface area contributed by atoms with Gasteiger partial charge in [-0.2, -0.15) is 0 Å². The van der Waals surface area contributed by atoms with E-state index in [1.807, 2.05) is 13.8 Å². The van der Waals surface area contributed by atoms with E-state index in [2.05, 4.69) is 24.2 Å². The zero-order valence-electron chi connectivity index (χ0n) is 10.8. The summed E-state index contributed by atoms with van der Waals surface area (Å²) in [6, 6.07) is 1.04. The maximum Gasteiger partial charge on any atom is 0.320 e. The van der Waals surface area contributed by atoms with Crippen LogP contribution in [0.2, 0.25) is 0 Å². The quantitative estimate of drug-likeness (QED) is 0.729. The number of nitrogens with zero attached hydrogens (tertiary/aromatic N) is 1.